The highest BCUT2D eigenvalue weighted by molar-refractivity contribution is 6.02. The van der Waals surface area contributed by atoms with E-state index < -0.39 is 0 Å². The van der Waals surface area contributed by atoms with Crippen LogP contribution in [0.1, 0.15) is 43.1 Å². The summed E-state index contributed by atoms with van der Waals surface area (Å²) in [5.41, 5.74) is 1.94. The fourth-order valence-electron chi connectivity index (χ4n) is 2.29. The third-order valence-corrected chi connectivity index (χ3v) is 3.48. The van der Waals surface area contributed by atoms with Crippen LogP contribution in [-0.2, 0) is 9.53 Å². The molecule has 0 fully saturated rings. The predicted molar refractivity (Wildman–Crippen MR) is 107 cm³/mol. The van der Waals surface area contributed by atoms with Gasteiger partial charge < -0.3 is 14.8 Å². The number of carbonyl (C=O) groups excluding carboxylic acids is 2. The van der Waals surface area contributed by atoms with Crippen molar-refractivity contribution in [3.05, 3.63) is 65.7 Å². The van der Waals surface area contributed by atoms with E-state index in [4.69, 9.17) is 9.47 Å². The van der Waals surface area contributed by atoms with Gasteiger partial charge in [-0.2, -0.15) is 0 Å². The van der Waals surface area contributed by atoms with Crippen molar-refractivity contribution in [2.75, 3.05) is 11.9 Å². The molecule has 2 rings (SSSR count). The minimum Gasteiger partial charge on any atom is -0.491 e. The second kappa shape index (κ2) is 10.2. The van der Waals surface area contributed by atoms with Gasteiger partial charge in [-0.3, -0.25) is 4.79 Å². The van der Waals surface area contributed by atoms with Crippen LogP contribution < -0.4 is 10.1 Å². The number of nitrogens with one attached hydrogen (secondary N) is 1. The van der Waals surface area contributed by atoms with Gasteiger partial charge in [0, 0.05) is 11.8 Å². The van der Waals surface area contributed by atoms with Crippen LogP contribution in [0.15, 0.2) is 54.6 Å². The molecule has 0 aliphatic rings. The van der Waals surface area contributed by atoms with Crippen LogP contribution in [0.5, 0.6) is 5.75 Å². The molecule has 0 saturated heterocycles. The van der Waals surface area contributed by atoms with Crippen LogP contribution in [0.25, 0.3) is 6.08 Å². The van der Waals surface area contributed by atoms with Gasteiger partial charge in [0.2, 0.25) is 5.91 Å². The fourth-order valence-corrected chi connectivity index (χ4v) is 2.29. The Bertz CT molecular complexity index is 794. The molecule has 0 unspecified atom stereocenters. The normalized spacial score (nSPS) is 10.8. The van der Waals surface area contributed by atoms with E-state index in [-0.39, 0.29) is 18.0 Å². The van der Waals surface area contributed by atoms with Crippen LogP contribution in [0.4, 0.5) is 5.69 Å². The molecule has 2 aromatic rings. The quantitative estimate of drug-likeness (QED) is 0.543. The predicted octanol–water partition coefficient (Wildman–Crippen LogP) is 4.69. The van der Waals surface area contributed by atoms with E-state index in [2.05, 4.69) is 5.32 Å². The van der Waals surface area contributed by atoms with E-state index in [1.807, 2.05) is 45.0 Å². The third kappa shape index (κ3) is 6.98. The first-order valence-electron chi connectivity index (χ1n) is 9.01. The smallest absolute Gasteiger partial charge is 0.338 e. The van der Waals surface area contributed by atoms with Crippen LogP contribution in [0.3, 0.4) is 0 Å². The Hall–Kier alpha value is -3.08. The first-order valence-corrected chi connectivity index (χ1v) is 9.01. The Morgan fingerprint density at radius 3 is 2.52 bits per heavy atom. The van der Waals surface area contributed by atoms with Gasteiger partial charge in [-0.15, -0.1) is 0 Å². The first-order chi connectivity index (χ1) is 13.0. The lowest BCUT2D eigenvalue weighted by Crippen LogP contribution is -2.09. The molecule has 1 amide bonds. The molecule has 1 N–H and O–H groups in total. The highest BCUT2D eigenvalue weighted by Gasteiger charge is 2.07. The summed E-state index contributed by atoms with van der Waals surface area (Å²) < 4.78 is 10.7. The molecule has 0 aliphatic heterocycles. The van der Waals surface area contributed by atoms with Crippen molar-refractivity contribution in [2.45, 2.75) is 33.3 Å². The summed E-state index contributed by atoms with van der Waals surface area (Å²) in [6.45, 7) is 6.26. The van der Waals surface area contributed by atoms with Gasteiger partial charge in [0.1, 0.15) is 5.75 Å². The molecule has 5 nitrogen and oxygen atoms in total. The lowest BCUT2D eigenvalue weighted by atomic mass is 10.2. The molecule has 0 heterocycles. The number of carbonyl (C=O) groups is 2. The summed E-state index contributed by atoms with van der Waals surface area (Å²) in [7, 11) is 0. The van der Waals surface area contributed by atoms with Crippen molar-refractivity contribution in [2.24, 2.45) is 0 Å². The zero-order valence-electron chi connectivity index (χ0n) is 15.9. The molecule has 0 atom stereocenters. The van der Waals surface area contributed by atoms with Crippen LogP contribution in [0, 0.1) is 0 Å². The highest BCUT2D eigenvalue weighted by Crippen LogP contribution is 2.16. The fraction of sp³-hybridized carbons (Fsp3) is 0.273. The zero-order valence-corrected chi connectivity index (χ0v) is 15.9. The molecule has 0 spiro atoms. The molecule has 0 aliphatic carbocycles. The van der Waals surface area contributed by atoms with Crippen molar-refractivity contribution < 1.29 is 19.1 Å². The van der Waals surface area contributed by atoms with Gasteiger partial charge in [-0.1, -0.05) is 19.1 Å². The second-order valence-corrected chi connectivity index (χ2v) is 6.27. The first kappa shape index (κ1) is 20.2. The van der Waals surface area contributed by atoms with Crippen LogP contribution in [0.2, 0.25) is 0 Å². The van der Waals surface area contributed by atoms with Crippen molar-refractivity contribution >= 4 is 23.6 Å². The summed E-state index contributed by atoms with van der Waals surface area (Å²) in [6.07, 6.45) is 4.05. The Balaban J connectivity index is 1.93. The second-order valence-electron chi connectivity index (χ2n) is 6.27. The molecular formula is C22H25NO4. The van der Waals surface area contributed by atoms with Gasteiger partial charge in [0.15, 0.2) is 0 Å². The molecule has 0 radical (unpaired) electrons. The summed E-state index contributed by atoms with van der Waals surface area (Å²) in [5, 5.41) is 2.76. The highest BCUT2D eigenvalue weighted by atomic mass is 16.5. The third-order valence-electron chi connectivity index (χ3n) is 3.48. The Morgan fingerprint density at radius 1 is 1.11 bits per heavy atom. The van der Waals surface area contributed by atoms with Gasteiger partial charge >= 0.3 is 5.97 Å². The van der Waals surface area contributed by atoms with E-state index >= 15 is 0 Å². The average Bonchev–Trinajstić information content (AvgIpc) is 2.65. The van der Waals surface area contributed by atoms with Crippen molar-refractivity contribution in [3.63, 3.8) is 0 Å². The molecule has 2 aromatic carbocycles. The summed E-state index contributed by atoms with van der Waals surface area (Å²) in [4.78, 5) is 23.8. The molecule has 5 heteroatoms. The van der Waals surface area contributed by atoms with E-state index in [0.29, 0.717) is 17.9 Å². The Labute approximate surface area is 160 Å². The van der Waals surface area contributed by atoms with Crippen molar-refractivity contribution in [1.29, 1.82) is 0 Å². The van der Waals surface area contributed by atoms with Gasteiger partial charge in [0.25, 0.3) is 0 Å². The van der Waals surface area contributed by atoms with E-state index in [9.17, 15) is 9.59 Å². The van der Waals surface area contributed by atoms with E-state index in [0.717, 1.165) is 17.7 Å². The number of amides is 1. The molecule has 0 bridgehead atoms. The SMILES string of the molecule is CCCOC(=O)c1ccc(NC(=O)/C=C/c2cccc(OC(C)C)c2)cc1. The van der Waals surface area contributed by atoms with Gasteiger partial charge in [-0.05, 0) is 68.3 Å². The molecule has 142 valence electrons. The standard InChI is InChI=1S/C22H25NO4/c1-4-14-26-22(25)18-9-11-19(12-10-18)23-21(24)13-8-17-6-5-7-20(15-17)27-16(2)3/h5-13,15-16H,4,14H2,1-3H3,(H,23,24)/b13-8+. The van der Waals surface area contributed by atoms with Gasteiger partial charge in [-0.25, -0.2) is 4.79 Å². The number of ether oxygens (including phenoxy) is 2. The van der Waals surface area contributed by atoms with Crippen molar-refractivity contribution in [3.8, 4) is 5.75 Å². The minimum absolute atomic E-state index is 0.0924. The maximum Gasteiger partial charge on any atom is 0.338 e. The van der Waals surface area contributed by atoms with E-state index in [1.165, 1.54) is 6.08 Å². The monoisotopic (exact) mass is 367 g/mol. The summed E-state index contributed by atoms with van der Waals surface area (Å²) >= 11 is 0. The largest absolute Gasteiger partial charge is 0.491 e. The lowest BCUT2D eigenvalue weighted by Gasteiger charge is -2.09. The van der Waals surface area contributed by atoms with Crippen molar-refractivity contribution in [1.82, 2.24) is 0 Å². The number of anilines is 1. The lowest BCUT2D eigenvalue weighted by molar-refractivity contribution is -0.111. The summed E-state index contributed by atoms with van der Waals surface area (Å²) in [6, 6.07) is 14.1. The number of hydrogen-bond donors (Lipinski definition) is 1. The maximum absolute atomic E-state index is 12.1. The topological polar surface area (TPSA) is 64.6 Å². The number of hydrogen-bond acceptors (Lipinski definition) is 4. The Kier molecular flexibility index (Phi) is 7.62. The van der Waals surface area contributed by atoms with Crippen LogP contribution in [-0.4, -0.2) is 24.6 Å². The van der Waals surface area contributed by atoms with E-state index in [1.54, 1.807) is 30.3 Å². The summed E-state index contributed by atoms with van der Waals surface area (Å²) in [5.74, 6) is 0.141. The zero-order chi connectivity index (χ0) is 19.6. The number of benzene rings is 2. The minimum atomic E-state index is -0.363. The molecule has 0 aromatic heterocycles. The maximum atomic E-state index is 12.1. The molecule has 27 heavy (non-hydrogen) atoms. The average molecular weight is 367 g/mol. The Morgan fingerprint density at radius 2 is 1.85 bits per heavy atom. The van der Waals surface area contributed by atoms with Crippen LogP contribution >= 0.6 is 0 Å². The number of esters is 1. The molecule has 0 saturated carbocycles. The number of rotatable bonds is 8. The molecular weight excluding hydrogens is 342 g/mol. The van der Waals surface area contributed by atoms with Gasteiger partial charge in [0.05, 0.1) is 18.3 Å².